The summed E-state index contributed by atoms with van der Waals surface area (Å²) in [5, 5.41) is 14.2. The molecule has 2 aromatic carbocycles. The van der Waals surface area contributed by atoms with Crippen molar-refractivity contribution in [3.63, 3.8) is 0 Å². The number of amides is 1. The number of carbonyl (C=O) groups excluding carboxylic acids is 1. The van der Waals surface area contributed by atoms with E-state index in [1.54, 1.807) is 13.1 Å². The van der Waals surface area contributed by atoms with Crippen molar-refractivity contribution in [2.45, 2.75) is 26.3 Å². The summed E-state index contributed by atoms with van der Waals surface area (Å²) in [4.78, 5) is 21.0. The van der Waals surface area contributed by atoms with E-state index in [0.717, 1.165) is 47.4 Å². The number of carbonyl (C=O) groups is 1. The second-order valence-electron chi connectivity index (χ2n) is 7.29. The van der Waals surface area contributed by atoms with Crippen LogP contribution in [0, 0.1) is 6.92 Å². The van der Waals surface area contributed by atoms with Crippen molar-refractivity contribution in [3.05, 3.63) is 53.6 Å². The van der Waals surface area contributed by atoms with Gasteiger partial charge in [0.2, 0.25) is 5.91 Å². The number of H-pyrrole nitrogens is 1. The molecule has 1 unspecified atom stereocenters. The van der Waals surface area contributed by atoms with Crippen LogP contribution in [0.3, 0.4) is 0 Å². The number of aromatic amines is 1. The Bertz CT molecular complexity index is 1040. The maximum atomic E-state index is 11.2. The summed E-state index contributed by atoms with van der Waals surface area (Å²) in [6.07, 6.45) is 2.66. The summed E-state index contributed by atoms with van der Waals surface area (Å²) in [5.74, 6) is 0.151. The molecule has 0 spiro atoms. The molecule has 144 valence electrons. The number of nitrogens with one attached hydrogen (secondary N) is 2. The highest BCUT2D eigenvalue weighted by atomic mass is 16.3. The molecule has 2 heterocycles. The van der Waals surface area contributed by atoms with Gasteiger partial charge in [-0.25, -0.2) is 0 Å². The molecule has 1 atom stereocenters. The average molecular weight is 376 g/mol. The van der Waals surface area contributed by atoms with Crippen molar-refractivity contribution in [1.29, 1.82) is 0 Å². The molecular formula is C22H24N4O2. The second kappa shape index (κ2) is 7.38. The molecule has 6 nitrogen and oxygen atoms in total. The number of rotatable bonds is 4. The van der Waals surface area contributed by atoms with Crippen LogP contribution < -0.4 is 10.2 Å². The lowest BCUT2D eigenvalue weighted by atomic mass is 10.1. The first-order valence-electron chi connectivity index (χ1n) is 9.47. The summed E-state index contributed by atoms with van der Waals surface area (Å²) < 4.78 is 0. The van der Waals surface area contributed by atoms with Gasteiger partial charge < -0.3 is 20.3 Å². The van der Waals surface area contributed by atoms with Gasteiger partial charge in [-0.3, -0.25) is 9.79 Å². The van der Waals surface area contributed by atoms with Gasteiger partial charge in [-0.1, -0.05) is 12.1 Å². The molecule has 0 bridgehead atoms. The molecule has 1 aliphatic heterocycles. The van der Waals surface area contributed by atoms with E-state index in [0.29, 0.717) is 5.56 Å². The first-order valence-corrected chi connectivity index (χ1v) is 9.47. The van der Waals surface area contributed by atoms with E-state index in [1.165, 1.54) is 0 Å². The Hall–Kier alpha value is -3.28. The zero-order valence-electron chi connectivity index (χ0n) is 16.1. The lowest BCUT2D eigenvalue weighted by molar-refractivity contribution is -0.119. The van der Waals surface area contributed by atoms with E-state index in [2.05, 4.69) is 20.2 Å². The molecular weight excluding hydrogens is 352 g/mol. The number of aromatic nitrogens is 1. The van der Waals surface area contributed by atoms with E-state index in [1.807, 2.05) is 49.4 Å². The molecule has 28 heavy (non-hydrogen) atoms. The third-order valence-corrected chi connectivity index (χ3v) is 5.20. The predicted octanol–water partition coefficient (Wildman–Crippen LogP) is 3.65. The summed E-state index contributed by atoms with van der Waals surface area (Å²) in [7, 11) is 0. The predicted molar refractivity (Wildman–Crippen MR) is 113 cm³/mol. The van der Waals surface area contributed by atoms with Gasteiger partial charge in [0.15, 0.2) is 5.88 Å². The largest absolute Gasteiger partial charge is 0.494 e. The van der Waals surface area contributed by atoms with Crippen molar-refractivity contribution in [2.75, 3.05) is 18.0 Å². The molecule has 4 rings (SSSR count). The summed E-state index contributed by atoms with van der Waals surface area (Å²) in [6.45, 7) is 5.33. The van der Waals surface area contributed by atoms with Crippen molar-refractivity contribution in [3.8, 4) is 5.88 Å². The Balaban J connectivity index is 1.50. The van der Waals surface area contributed by atoms with Gasteiger partial charge in [0.25, 0.3) is 0 Å². The molecule has 1 aromatic heterocycles. The highest BCUT2D eigenvalue weighted by Gasteiger charge is 2.23. The summed E-state index contributed by atoms with van der Waals surface area (Å²) in [5.41, 5.74) is 4.64. The number of aryl methyl sites for hydroxylation is 1. The number of aliphatic imine (C=N–C) groups is 1. The van der Waals surface area contributed by atoms with Crippen LogP contribution in [0.5, 0.6) is 5.88 Å². The van der Waals surface area contributed by atoms with Crippen LogP contribution in [-0.2, 0) is 4.79 Å². The van der Waals surface area contributed by atoms with Gasteiger partial charge in [-0.05, 0) is 49.2 Å². The Morgan fingerprint density at radius 2 is 2.07 bits per heavy atom. The van der Waals surface area contributed by atoms with E-state index >= 15 is 0 Å². The Morgan fingerprint density at radius 3 is 2.82 bits per heavy atom. The quantitative estimate of drug-likeness (QED) is 0.608. The molecule has 1 saturated heterocycles. The zero-order valence-corrected chi connectivity index (χ0v) is 16.1. The van der Waals surface area contributed by atoms with E-state index in [9.17, 15) is 9.90 Å². The Kier molecular flexibility index (Phi) is 4.77. The van der Waals surface area contributed by atoms with Crippen LogP contribution >= 0.6 is 0 Å². The summed E-state index contributed by atoms with van der Waals surface area (Å²) >= 11 is 0. The van der Waals surface area contributed by atoms with Gasteiger partial charge in [-0.15, -0.1) is 0 Å². The molecule has 3 N–H and O–H groups in total. The topological polar surface area (TPSA) is 80.7 Å². The third kappa shape index (κ3) is 3.58. The number of fused-ring (bicyclic) bond motifs is 1. The molecule has 0 radical (unpaired) electrons. The third-order valence-electron chi connectivity index (χ3n) is 5.20. The van der Waals surface area contributed by atoms with Crippen LogP contribution in [0.25, 0.3) is 10.9 Å². The van der Waals surface area contributed by atoms with Gasteiger partial charge >= 0.3 is 0 Å². The molecule has 6 heteroatoms. The van der Waals surface area contributed by atoms with E-state index in [4.69, 9.17) is 0 Å². The van der Waals surface area contributed by atoms with Crippen LogP contribution in [0.4, 0.5) is 11.4 Å². The van der Waals surface area contributed by atoms with Gasteiger partial charge in [0.05, 0.1) is 11.3 Å². The first kappa shape index (κ1) is 18.1. The molecule has 3 aromatic rings. The fourth-order valence-corrected chi connectivity index (χ4v) is 3.86. The Morgan fingerprint density at radius 1 is 1.29 bits per heavy atom. The first-order chi connectivity index (χ1) is 13.5. The fourth-order valence-electron chi connectivity index (χ4n) is 3.86. The normalized spacial score (nSPS) is 16.9. The van der Waals surface area contributed by atoms with E-state index < -0.39 is 0 Å². The number of nitrogens with zero attached hydrogens (tertiary/aromatic N) is 2. The van der Waals surface area contributed by atoms with Gasteiger partial charge in [0, 0.05) is 48.9 Å². The molecule has 0 saturated carbocycles. The summed E-state index contributed by atoms with van der Waals surface area (Å²) in [6, 6.07) is 14.2. The average Bonchev–Trinajstić information content (AvgIpc) is 3.24. The minimum absolute atomic E-state index is 0.0207. The minimum atomic E-state index is 0.0207. The number of hydrogen-bond acceptors (Lipinski definition) is 4. The molecule has 1 fully saturated rings. The SMILES string of the molecule is CC(=O)NC1CCN(c2ccc(N=Cc3c(O)[nH]c4cccc(C)c34)cc2)C1. The van der Waals surface area contributed by atoms with Gasteiger partial charge in [-0.2, -0.15) is 0 Å². The van der Waals surface area contributed by atoms with Crippen LogP contribution in [0.15, 0.2) is 47.5 Å². The monoisotopic (exact) mass is 376 g/mol. The lowest BCUT2D eigenvalue weighted by Crippen LogP contribution is -2.35. The number of anilines is 1. The van der Waals surface area contributed by atoms with Crippen LogP contribution in [0.1, 0.15) is 24.5 Å². The Labute approximate surface area is 163 Å². The number of aromatic hydroxyl groups is 1. The second-order valence-corrected chi connectivity index (χ2v) is 7.29. The molecule has 1 aliphatic rings. The molecule has 0 aliphatic carbocycles. The fraction of sp³-hybridized carbons (Fsp3) is 0.273. The highest BCUT2D eigenvalue weighted by molar-refractivity contribution is 6.04. The standard InChI is InChI=1S/C22H24N4O2/c1-14-4-3-5-20-21(14)19(22(28)25-20)12-23-16-6-8-18(9-7-16)26-11-10-17(13-26)24-15(2)27/h3-9,12,17,25,28H,10-11,13H2,1-2H3,(H,24,27). The van der Waals surface area contributed by atoms with Crippen molar-refractivity contribution < 1.29 is 9.90 Å². The molecule has 1 amide bonds. The van der Waals surface area contributed by atoms with E-state index in [-0.39, 0.29) is 17.8 Å². The maximum absolute atomic E-state index is 11.2. The highest BCUT2D eigenvalue weighted by Crippen LogP contribution is 2.29. The van der Waals surface area contributed by atoms with Crippen molar-refractivity contribution in [2.24, 2.45) is 4.99 Å². The smallest absolute Gasteiger partial charge is 0.217 e. The van der Waals surface area contributed by atoms with Crippen molar-refractivity contribution >= 4 is 34.4 Å². The van der Waals surface area contributed by atoms with Crippen molar-refractivity contribution in [1.82, 2.24) is 10.3 Å². The number of hydrogen-bond donors (Lipinski definition) is 3. The maximum Gasteiger partial charge on any atom is 0.217 e. The lowest BCUT2D eigenvalue weighted by Gasteiger charge is -2.18. The minimum Gasteiger partial charge on any atom is -0.494 e. The zero-order chi connectivity index (χ0) is 19.7. The van der Waals surface area contributed by atoms with Gasteiger partial charge in [0.1, 0.15) is 0 Å². The van der Waals surface area contributed by atoms with Crippen LogP contribution in [0.2, 0.25) is 0 Å². The number of benzene rings is 2. The van der Waals surface area contributed by atoms with Crippen LogP contribution in [-0.4, -0.2) is 41.3 Å².